The minimum atomic E-state index is -1.10. The van der Waals surface area contributed by atoms with Gasteiger partial charge in [-0.25, -0.2) is 9.59 Å². The van der Waals surface area contributed by atoms with Crippen LogP contribution >= 0.6 is 0 Å². The first kappa shape index (κ1) is 16.8. The Morgan fingerprint density at radius 3 is 2.33 bits per heavy atom. The summed E-state index contributed by atoms with van der Waals surface area (Å²) in [5, 5.41) is 11.6. The molecule has 5 heteroatoms. The zero-order chi connectivity index (χ0) is 16.0. The zero-order valence-electron chi connectivity index (χ0n) is 12.6. The molecule has 0 aromatic heterocycles. The van der Waals surface area contributed by atoms with Crippen molar-refractivity contribution in [1.29, 1.82) is 0 Å². The smallest absolute Gasteiger partial charge is 0.408 e. The van der Waals surface area contributed by atoms with Crippen molar-refractivity contribution in [3.05, 3.63) is 42.0 Å². The lowest BCUT2D eigenvalue weighted by atomic mass is 10.0. The van der Waals surface area contributed by atoms with E-state index in [1.165, 1.54) is 0 Å². The van der Waals surface area contributed by atoms with Gasteiger partial charge >= 0.3 is 12.1 Å². The lowest BCUT2D eigenvalue weighted by Gasteiger charge is -2.22. The summed E-state index contributed by atoms with van der Waals surface area (Å²) in [6, 6.07) is 6.27. The summed E-state index contributed by atoms with van der Waals surface area (Å²) in [6.45, 7) is 8.81. The number of carboxylic acids is 1. The number of carbonyl (C=O) groups excluding carboxylic acids is 1. The number of alkyl carbamates (subject to hydrolysis) is 1. The first-order valence-corrected chi connectivity index (χ1v) is 6.65. The molecule has 0 saturated heterocycles. The minimum absolute atomic E-state index is 0.187. The Morgan fingerprint density at radius 1 is 1.33 bits per heavy atom. The van der Waals surface area contributed by atoms with Gasteiger partial charge in [-0.1, -0.05) is 36.9 Å². The molecule has 5 nitrogen and oxygen atoms in total. The van der Waals surface area contributed by atoms with E-state index >= 15 is 0 Å². The van der Waals surface area contributed by atoms with Gasteiger partial charge in [-0.3, -0.25) is 0 Å². The SMILES string of the molecule is C=Cc1ccc(CC(NC(=O)OC(C)(C)C)C(=O)O)cc1. The molecule has 0 aliphatic heterocycles. The van der Waals surface area contributed by atoms with E-state index in [2.05, 4.69) is 11.9 Å². The molecule has 1 atom stereocenters. The van der Waals surface area contributed by atoms with Gasteiger partial charge in [0.05, 0.1) is 0 Å². The van der Waals surface area contributed by atoms with Gasteiger partial charge in [-0.15, -0.1) is 0 Å². The monoisotopic (exact) mass is 291 g/mol. The van der Waals surface area contributed by atoms with Crippen LogP contribution in [0.2, 0.25) is 0 Å². The van der Waals surface area contributed by atoms with Crippen molar-refractivity contribution in [2.75, 3.05) is 0 Å². The Balaban J connectivity index is 2.71. The Bertz CT molecular complexity index is 514. The van der Waals surface area contributed by atoms with Crippen LogP contribution in [0, 0.1) is 0 Å². The van der Waals surface area contributed by atoms with Crippen LogP contribution in [0.5, 0.6) is 0 Å². The molecule has 114 valence electrons. The maximum Gasteiger partial charge on any atom is 0.408 e. The van der Waals surface area contributed by atoms with Crippen molar-refractivity contribution < 1.29 is 19.4 Å². The molecule has 2 N–H and O–H groups in total. The molecule has 0 aliphatic carbocycles. The van der Waals surface area contributed by atoms with Crippen molar-refractivity contribution >= 4 is 18.1 Å². The number of hydrogen-bond acceptors (Lipinski definition) is 3. The van der Waals surface area contributed by atoms with Gasteiger partial charge < -0.3 is 15.2 Å². The summed E-state index contributed by atoms with van der Waals surface area (Å²) in [5.41, 5.74) is 1.09. The van der Waals surface area contributed by atoms with Crippen LogP contribution in [-0.4, -0.2) is 28.8 Å². The molecule has 0 radical (unpaired) electrons. The summed E-state index contributed by atoms with van der Waals surface area (Å²) >= 11 is 0. The van der Waals surface area contributed by atoms with Crippen molar-refractivity contribution in [2.24, 2.45) is 0 Å². The van der Waals surface area contributed by atoms with E-state index in [9.17, 15) is 14.7 Å². The normalized spacial score (nSPS) is 12.3. The van der Waals surface area contributed by atoms with E-state index in [-0.39, 0.29) is 6.42 Å². The second-order valence-corrected chi connectivity index (χ2v) is 5.69. The Kier molecular flexibility index (Phi) is 5.52. The highest BCUT2D eigenvalue weighted by atomic mass is 16.6. The van der Waals surface area contributed by atoms with E-state index < -0.39 is 23.7 Å². The molecular formula is C16H21NO4. The number of rotatable bonds is 5. The fraction of sp³-hybridized carbons (Fsp3) is 0.375. The van der Waals surface area contributed by atoms with Crippen LogP contribution in [0.4, 0.5) is 4.79 Å². The highest BCUT2D eigenvalue weighted by Gasteiger charge is 2.24. The summed E-state index contributed by atoms with van der Waals surface area (Å²) in [4.78, 5) is 22.9. The zero-order valence-corrected chi connectivity index (χ0v) is 12.6. The lowest BCUT2D eigenvalue weighted by molar-refractivity contribution is -0.139. The Morgan fingerprint density at radius 2 is 1.90 bits per heavy atom. The average Bonchev–Trinajstić information content (AvgIpc) is 2.36. The molecule has 0 saturated carbocycles. The topological polar surface area (TPSA) is 75.6 Å². The number of aliphatic carboxylic acids is 1. The van der Waals surface area contributed by atoms with Crippen molar-refractivity contribution in [3.63, 3.8) is 0 Å². The number of benzene rings is 1. The summed E-state index contributed by atoms with van der Waals surface area (Å²) < 4.78 is 5.07. The third-order valence-electron chi connectivity index (χ3n) is 2.64. The van der Waals surface area contributed by atoms with Crippen LogP contribution in [0.3, 0.4) is 0 Å². The number of hydrogen-bond donors (Lipinski definition) is 2. The molecule has 0 fully saturated rings. The second kappa shape index (κ2) is 6.92. The van der Waals surface area contributed by atoms with Gasteiger partial charge in [0.1, 0.15) is 11.6 Å². The predicted octanol–water partition coefficient (Wildman–Crippen LogP) is 2.85. The molecule has 0 bridgehead atoms. The van der Waals surface area contributed by atoms with E-state index in [4.69, 9.17) is 4.74 Å². The largest absolute Gasteiger partial charge is 0.480 e. The fourth-order valence-corrected chi connectivity index (χ4v) is 1.68. The molecule has 0 heterocycles. The average molecular weight is 291 g/mol. The van der Waals surface area contributed by atoms with Crippen LogP contribution in [-0.2, 0) is 16.0 Å². The molecule has 1 unspecified atom stereocenters. The van der Waals surface area contributed by atoms with Gasteiger partial charge in [0.25, 0.3) is 0 Å². The van der Waals surface area contributed by atoms with Gasteiger partial charge in [-0.05, 0) is 31.9 Å². The standard InChI is InChI=1S/C16H21NO4/c1-5-11-6-8-12(9-7-11)10-13(14(18)19)17-15(20)21-16(2,3)4/h5-9,13H,1,10H2,2-4H3,(H,17,20)(H,18,19). The lowest BCUT2D eigenvalue weighted by Crippen LogP contribution is -2.44. The number of ether oxygens (including phenoxy) is 1. The summed E-state index contributed by atoms with van der Waals surface area (Å²) in [7, 11) is 0. The van der Waals surface area contributed by atoms with Gasteiger partial charge in [-0.2, -0.15) is 0 Å². The van der Waals surface area contributed by atoms with Crippen molar-refractivity contribution in [2.45, 2.75) is 38.8 Å². The maximum absolute atomic E-state index is 11.7. The van der Waals surface area contributed by atoms with E-state index in [1.807, 2.05) is 24.3 Å². The molecule has 0 aliphatic rings. The molecule has 0 spiro atoms. The number of nitrogens with one attached hydrogen (secondary N) is 1. The fourth-order valence-electron chi connectivity index (χ4n) is 1.68. The first-order valence-electron chi connectivity index (χ1n) is 6.65. The Labute approximate surface area is 124 Å². The predicted molar refractivity (Wildman–Crippen MR) is 81.0 cm³/mol. The maximum atomic E-state index is 11.7. The van der Waals surface area contributed by atoms with Crippen LogP contribution < -0.4 is 5.32 Å². The van der Waals surface area contributed by atoms with Crippen molar-refractivity contribution in [3.8, 4) is 0 Å². The third-order valence-corrected chi connectivity index (χ3v) is 2.64. The van der Waals surface area contributed by atoms with Crippen LogP contribution in [0.15, 0.2) is 30.8 Å². The van der Waals surface area contributed by atoms with E-state index in [1.54, 1.807) is 26.8 Å². The second-order valence-electron chi connectivity index (χ2n) is 5.69. The summed E-state index contributed by atoms with van der Waals surface area (Å²) in [6.07, 6.45) is 1.15. The van der Waals surface area contributed by atoms with Crippen LogP contribution in [0.1, 0.15) is 31.9 Å². The van der Waals surface area contributed by atoms with Crippen LogP contribution in [0.25, 0.3) is 6.08 Å². The third kappa shape index (κ3) is 6.12. The highest BCUT2D eigenvalue weighted by Crippen LogP contribution is 2.10. The van der Waals surface area contributed by atoms with Gasteiger partial charge in [0, 0.05) is 6.42 Å². The van der Waals surface area contributed by atoms with E-state index in [0.717, 1.165) is 11.1 Å². The quantitative estimate of drug-likeness (QED) is 0.874. The minimum Gasteiger partial charge on any atom is -0.480 e. The number of amides is 1. The van der Waals surface area contributed by atoms with Gasteiger partial charge in [0.2, 0.25) is 0 Å². The molecule has 1 aromatic carbocycles. The molecule has 1 amide bonds. The highest BCUT2D eigenvalue weighted by molar-refractivity contribution is 5.80. The first-order chi connectivity index (χ1) is 9.71. The molecule has 21 heavy (non-hydrogen) atoms. The summed E-state index contributed by atoms with van der Waals surface area (Å²) in [5.74, 6) is -1.10. The number of carboxylic acid groups (broad SMARTS) is 1. The Hall–Kier alpha value is -2.30. The molecule has 1 aromatic rings. The van der Waals surface area contributed by atoms with Gasteiger partial charge in [0.15, 0.2) is 0 Å². The number of carbonyl (C=O) groups is 2. The van der Waals surface area contributed by atoms with E-state index in [0.29, 0.717) is 0 Å². The molecule has 1 rings (SSSR count). The van der Waals surface area contributed by atoms with Crippen molar-refractivity contribution in [1.82, 2.24) is 5.32 Å². The molecular weight excluding hydrogens is 270 g/mol.